The van der Waals surface area contributed by atoms with Crippen LogP contribution in [0.1, 0.15) is 5.56 Å². The number of nitrogens with zero attached hydrogens (tertiary/aromatic N) is 3. The summed E-state index contributed by atoms with van der Waals surface area (Å²) >= 11 is 17.9. The van der Waals surface area contributed by atoms with Gasteiger partial charge in [-0.05, 0) is 24.3 Å². The summed E-state index contributed by atoms with van der Waals surface area (Å²) in [5.74, 6) is 0.257. The van der Waals surface area contributed by atoms with Gasteiger partial charge < -0.3 is 15.1 Å². The van der Waals surface area contributed by atoms with Crippen molar-refractivity contribution in [3.05, 3.63) is 51.1 Å². The fourth-order valence-corrected chi connectivity index (χ4v) is 3.35. The number of carbonyl (C=O) groups excluding carboxylic acids is 1. The molecule has 150 valence electrons. The Morgan fingerprint density at radius 2 is 1.71 bits per heavy atom. The number of pyridine rings is 1. The van der Waals surface area contributed by atoms with Crippen LogP contribution in [0.3, 0.4) is 0 Å². The molecule has 1 aromatic heterocycles. The molecule has 1 aliphatic heterocycles. The number of anilines is 2. The van der Waals surface area contributed by atoms with Gasteiger partial charge in [0.2, 0.25) is 0 Å². The van der Waals surface area contributed by atoms with E-state index in [4.69, 9.17) is 34.8 Å². The Morgan fingerprint density at radius 1 is 1.04 bits per heavy atom. The third-order valence-electron chi connectivity index (χ3n) is 4.19. The first-order chi connectivity index (χ1) is 13.1. The van der Waals surface area contributed by atoms with Crippen LogP contribution in [0.4, 0.5) is 29.5 Å². The molecular weight excluding hydrogens is 440 g/mol. The molecule has 1 aliphatic rings. The van der Waals surface area contributed by atoms with Gasteiger partial charge in [-0.1, -0.05) is 34.8 Å². The first kappa shape index (κ1) is 20.8. The Kier molecular flexibility index (Phi) is 6.12. The van der Waals surface area contributed by atoms with Gasteiger partial charge >= 0.3 is 12.2 Å². The number of hydrogen-bond donors (Lipinski definition) is 1. The third kappa shape index (κ3) is 4.74. The molecule has 28 heavy (non-hydrogen) atoms. The highest BCUT2D eigenvalue weighted by atomic mass is 35.5. The fraction of sp³-hybridized carbons (Fsp3) is 0.294. The van der Waals surface area contributed by atoms with E-state index < -0.39 is 11.7 Å². The number of halogens is 6. The minimum absolute atomic E-state index is 0.0848. The van der Waals surface area contributed by atoms with Crippen molar-refractivity contribution in [2.24, 2.45) is 0 Å². The van der Waals surface area contributed by atoms with Gasteiger partial charge in [-0.2, -0.15) is 13.2 Å². The molecule has 0 bridgehead atoms. The highest BCUT2D eigenvalue weighted by Crippen LogP contribution is 2.34. The Morgan fingerprint density at radius 3 is 2.32 bits per heavy atom. The number of aromatic nitrogens is 1. The Bertz CT molecular complexity index is 886. The molecule has 3 rings (SSSR count). The molecule has 0 aliphatic carbocycles. The lowest BCUT2D eigenvalue weighted by Gasteiger charge is -2.35. The number of benzene rings is 1. The van der Waals surface area contributed by atoms with Crippen LogP contribution in [0.2, 0.25) is 15.1 Å². The Balaban J connectivity index is 1.63. The smallest absolute Gasteiger partial charge is 0.352 e. The molecule has 2 amide bonds. The van der Waals surface area contributed by atoms with E-state index in [0.717, 1.165) is 12.3 Å². The molecule has 0 spiro atoms. The lowest BCUT2D eigenvalue weighted by Crippen LogP contribution is -2.50. The summed E-state index contributed by atoms with van der Waals surface area (Å²) in [6.45, 7) is 1.41. The zero-order valence-corrected chi connectivity index (χ0v) is 16.5. The maximum atomic E-state index is 12.7. The lowest BCUT2D eigenvalue weighted by molar-refractivity contribution is -0.137. The summed E-state index contributed by atoms with van der Waals surface area (Å²) in [6, 6.07) is 5.23. The number of nitrogens with one attached hydrogen (secondary N) is 1. The van der Waals surface area contributed by atoms with E-state index >= 15 is 0 Å². The van der Waals surface area contributed by atoms with Crippen molar-refractivity contribution in [3.8, 4) is 0 Å². The molecule has 1 N–H and O–H groups in total. The van der Waals surface area contributed by atoms with Crippen LogP contribution < -0.4 is 10.2 Å². The maximum absolute atomic E-state index is 12.7. The van der Waals surface area contributed by atoms with Crippen molar-refractivity contribution in [2.75, 3.05) is 36.4 Å². The second kappa shape index (κ2) is 8.23. The quantitative estimate of drug-likeness (QED) is 0.661. The van der Waals surface area contributed by atoms with Gasteiger partial charge in [-0.25, -0.2) is 9.78 Å². The first-order valence-electron chi connectivity index (χ1n) is 8.14. The number of hydrogen-bond acceptors (Lipinski definition) is 3. The van der Waals surface area contributed by atoms with Crippen LogP contribution in [-0.4, -0.2) is 42.1 Å². The molecule has 0 saturated carbocycles. The Labute approximate surface area is 174 Å². The van der Waals surface area contributed by atoms with Gasteiger partial charge in [-0.15, -0.1) is 0 Å². The van der Waals surface area contributed by atoms with Gasteiger partial charge in [-0.3, -0.25) is 0 Å². The van der Waals surface area contributed by atoms with E-state index in [1.807, 2.05) is 0 Å². The molecule has 0 atom stereocenters. The number of urea groups is 1. The van der Waals surface area contributed by atoms with Crippen LogP contribution in [0.5, 0.6) is 0 Å². The van der Waals surface area contributed by atoms with Crippen LogP contribution in [-0.2, 0) is 6.18 Å². The van der Waals surface area contributed by atoms with Gasteiger partial charge in [0.25, 0.3) is 0 Å². The molecule has 1 saturated heterocycles. The van der Waals surface area contributed by atoms with Crippen molar-refractivity contribution in [2.45, 2.75) is 6.18 Å². The van der Waals surface area contributed by atoms with E-state index in [1.165, 1.54) is 0 Å². The van der Waals surface area contributed by atoms with E-state index in [-0.39, 0.29) is 16.9 Å². The average molecular weight is 454 g/mol. The normalized spacial score (nSPS) is 14.9. The summed E-state index contributed by atoms with van der Waals surface area (Å²) in [5.41, 5.74) is -0.508. The molecule has 0 radical (unpaired) electrons. The summed E-state index contributed by atoms with van der Waals surface area (Å²) in [6.07, 6.45) is -3.75. The highest BCUT2D eigenvalue weighted by molar-refractivity contribution is 6.35. The highest BCUT2D eigenvalue weighted by Gasteiger charge is 2.32. The molecular formula is C17H14Cl3F3N4O. The lowest BCUT2D eigenvalue weighted by atomic mass is 10.2. The summed E-state index contributed by atoms with van der Waals surface area (Å²) in [4.78, 5) is 19.6. The molecule has 1 fully saturated rings. The number of rotatable bonds is 2. The second-order valence-electron chi connectivity index (χ2n) is 6.06. The monoisotopic (exact) mass is 452 g/mol. The SMILES string of the molecule is O=C(Nc1cc(Cl)ccc1Cl)N1CCN(c2ncc(C(F)(F)F)cc2Cl)CC1. The molecule has 1 aromatic carbocycles. The van der Waals surface area contributed by atoms with Crippen molar-refractivity contribution in [3.63, 3.8) is 0 Å². The largest absolute Gasteiger partial charge is 0.417 e. The molecule has 11 heteroatoms. The van der Waals surface area contributed by atoms with Gasteiger partial charge in [0.15, 0.2) is 0 Å². The van der Waals surface area contributed by atoms with E-state index in [9.17, 15) is 18.0 Å². The summed E-state index contributed by atoms with van der Waals surface area (Å²) in [5, 5.41) is 3.41. The minimum atomic E-state index is -4.51. The Hall–Kier alpha value is -1.90. The zero-order valence-electron chi connectivity index (χ0n) is 14.2. The average Bonchev–Trinajstić information content (AvgIpc) is 2.64. The van der Waals surface area contributed by atoms with E-state index in [2.05, 4.69) is 10.3 Å². The van der Waals surface area contributed by atoms with Crippen molar-refractivity contribution in [1.29, 1.82) is 0 Å². The van der Waals surface area contributed by atoms with Crippen LogP contribution in [0, 0.1) is 0 Å². The molecule has 5 nitrogen and oxygen atoms in total. The number of alkyl halides is 3. The van der Waals surface area contributed by atoms with Crippen LogP contribution in [0.15, 0.2) is 30.5 Å². The molecule has 2 aromatic rings. The minimum Gasteiger partial charge on any atom is -0.352 e. The van der Waals surface area contributed by atoms with Gasteiger partial charge in [0, 0.05) is 37.4 Å². The van der Waals surface area contributed by atoms with Crippen LogP contribution in [0.25, 0.3) is 0 Å². The van der Waals surface area contributed by atoms with Crippen LogP contribution >= 0.6 is 34.8 Å². The fourth-order valence-electron chi connectivity index (χ4n) is 2.73. The predicted molar refractivity (Wildman–Crippen MR) is 104 cm³/mol. The topological polar surface area (TPSA) is 48.5 Å². The van der Waals surface area contributed by atoms with Crippen molar-refractivity contribution < 1.29 is 18.0 Å². The summed E-state index contributed by atoms with van der Waals surface area (Å²) in [7, 11) is 0. The number of amides is 2. The standard InChI is InChI=1S/C17H14Cl3F3N4O/c18-11-1-2-12(19)14(8-11)25-16(28)27-5-3-26(4-6-27)15-13(20)7-10(9-24-15)17(21,22)23/h1-2,7-9H,3-6H2,(H,25,28). The van der Waals surface area contributed by atoms with E-state index in [1.54, 1.807) is 28.0 Å². The zero-order chi connectivity index (χ0) is 20.5. The van der Waals surface area contributed by atoms with Crippen molar-refractivity contribution >= 4 is 52.3 Å². The first-order valence-corrected chi connectivity index (χ1v) is 9.27. The van der Waals surface area contributed by atoms with E-state index in [0.29, 0.717) is 41.9 Å². The van der Waals surface area contributed by atoms with Gasteiger partial charge in [0.05, 0.1) is 21.3 Å². The third-order valence-corrected chi connectivity index (χ3v) is 5.03. The second-order valence-corrected chi connectivity index (χ2v) is 7.31. The molecule has 0 unspecified atom stereocenters. The molecule has 2 heterocycles. The van der Waals surface area contributed by atoms with Crippen molar-refractivity contribution in [1.82, 2.24) is 9.88 Å². The predicted octanol–water partition coefficient (Wildman–Crippen LogP) is 5.41. The van der Waals surface area contributed by atoms with Gasteiger partial charge in [0.1, 0.15) is 5.82 Å². The number of piperazine rings is 1. The maximum Gasteiger partial charge on any atom is 0.417 e. The summed E-state index contributed by atoms with van der Waals surface area (Å²) < 4.78 is 38.2. The number of carbonyl (C=O) groups is 1.